The minimum absolute atomic E-state index is 0.0968. The molecule has 1 aliphatic heterocycles. The fourth-order valence-corrected chi connectivity index (χ4v) is 2.84. The molecule has 3 rings (SSSR count). The maximum atomic E-state index is 12.4. The molecule has 0 spiro atoms. The Morgan fingerprint density at radius 1 is 1.22 bits per heavy atom. The number of benzene rings is 1. The van der Waals surface area contributed by atoms with Gasteiger partial charge in [-0.15, -0.1) is 0 Å². The molecule has 0 saturated carbocycles. The van der Waals surface area contributed by atoms with Gasteiger partial charge in [0.1, 0.15) is 11.6 Å². The van der Waals surface area contributed by atoms with Gasteiger partial charge < -0.3 is 20.1 Å². The molecule has 7 heteroatoms. The molecule has 0 radical (unpaired) electrons. The van der Waals surface area contributed by atoms with E-state index in [0.29, 0.717) is 24.5 Å². The molecule has 27 heavy (non-hydrogen) atoms. The lowest BCUT2D eigenvalue weighted by molar-refractivity contribution is 0.0383. The van der Waals surface area contributed by atoms with Gasteiger partial charge >= 0.3 is 0 Å². The van der Waals surface area contributed by atoms with E-state index in [-0.39, 0.29) is 5.91 Å². The van der Waals surface area contributed by atoms with E-state index in [1.165, 1.54) is 0 Å². The Labute approximate surface area is 159 Å². The molecule has 1 aromatic carbocycles. The average molecular weight is 370 g/mol. The van der Waals surface area contributed by atoms with E-state index >= 15 is 0 Å². The minimum atomic E-state index is -0.0968. The number of nitrogens with one attached hydrogen (secondary N) is 2. The van der Waals surface area contributed by atoms with Crippen molar-refractivity contribution in [2.75, 3.05) is 51.3 Å². The third-order valence-corrected chi connectivity index (χ3v) is 4.28. The molecule has 1 amide bonds. The number of morpholine rings is 1. The average Bonchev–Trinajstić information content (AvgIpc) is 2.71. The highest BCUT2D eigenvalue weighted by Gasteiger charge is 2.11. The van der Waals surface area contributed by atoms with Crippen LogP contribution in [0.3, 0.4) is 0 Å². The van der Waals surface area contributed by atoms with Crippen LogP contribution in [0.2, 0.25) is 0 Å². The van der Waals surface area contributed by atoms with Gasteiger partial charge in [-0.3, -0.25) is 9.69 Å². The van der Waals surface area contributed by atoms with Gasteiger partial charge in [0.25, 0.3) is 5.91 Å². The zero-order valence-corrected chi connectivity index (χ0v) is 15.6. The molecular weight excluding hydrogens is 344 g/mol. The molecule has 144 valence electrons. The van der Waals surface area contributed by atoms with Gasteiger partial charge in [0, 0.05) is 43.6 Å². The summed E-state index contributed by atoms with van der Waals surface area (Å²) in [5, 5.41) is 6.17. The van der Waals surface area contributed by atoms with Crippen LogP contribution in [0.5, 0.6) is 5.75 Å². The van der Waals surface area contributed by atoms with Crippen molar-refractivity contribution in [3.63, 3.8) is 0 Å². The number of anilines is 2. The fraction of sp³-hybridized carbons (Fsp3) is 0.400. The molecule has 1 saturated heterocycles. The van der Waals surface area contributed by atoms with Crippen molar-refractivity contribution in [3.05, 3.63) is 48.2 Å². The zero-order valence-electron chi connectivity index (χ0n) is 15.6. The highest BCUT2D eigenvalue weighted by Crippen LogP contribution is 2.19. The van der Waals surface area contributed by atoms with Gasteiger partial charge in [-0.05, 0) is 43.3 Å². The number of hydrogen-bond donors (Lipinski definition) is 2. The largest absolute Gasteiger partial charge is 0.494 e. The van der Waals surface area contributed by atoms with Crippen molar-refractivity contribution < 1.29 is 14.3 Å². The summed E-state index contributed by atoms with van der Waals surface area (Å²) in [5.41, 5.74) is 1.47. The van der Waals surface area contributed by atoms with Gasteiger partial charge in [-0.2, -0.15) is 0 Å². The number of carbonyl (C=O) groups excluding carboxylic acids is 1. The second kappa shape index (κ2) is 9.89. The highest BCUT2D eigenvalue weighted by atomic mass is 16.5. The van der Waals surface area contributed by atoms with E-state index < -0.39 is 0 Å². The molecule has 1 aliphatic rings. The van der Waals surface area contributed by atoms with Crippen LogP contribution in [0.4, 0.5) is 11.5 Å². The van der Waals surface area contributed by atoms with Crippen LogP contribution in [-0.2, 0) is 4.74 Å². The van der Waals surface area contributed by atoms with E-state index in [1.54, 1.807) is 18.3 Å². The van der Waals surface area contributed by atoms with E-state index in [2.05, 4.69) is 20.5 Å². The fourth-order valence-electron chi connectivity index (χ4n) is 2.84. The van der Waals surface area contributed by atoms with E-state index in [0.717, 1.165) is 44.3 Å². The molecule has 1 aromatic heterocycles. The van der Waals surface area contributed by atoms with E-state index in [4.69, 9.17) is 9.47 Å². The van der Waals surface area contributed by atoms with Gasteiger partial charge in [-0.1, -0.05) is 0 Å². The van der Waals surface area contributed by atoms with Crippen LogP contribution in [0.25, 0.3) is 0 Å². The maximum absolute atomic E-state index is 12.4. The molecule has 2 heterocycles. The van der Waals surface area contributed by atoms with Gasteiger partial charge in [0.15, 0.2) is 0 Å². The lowest BCUT2D eigenvalue weighted by Crippen LogP contribution is -2.41. The first-order valence-corrected chi connectivity index (χ1v) is 9.29. The molecule has 0 aliphatic carbocycles. The van der Waals surface area contributed by atoms with Crippen LogP contribution in [0.15, 0.2) is 42.6 Å². The maximum Gasteiger partial charge on any atom is 0.251 e. The molecule has 1 fully saturated rings. The monoisotopic (exact) mass is 370 g/mol. The summed E-state index contributed by atoms with van der Waals surface area (Å²) < 4.78 is 10.8. The summed E-state index contributed by atoms with van der Waals surface area (Å²) in [7, 11) is 0. The SMILES string of the molecule is CCOc1ccc(Nc2cc(C(=O)NCCN3CCOCC3)ccn2)cc1. The Morgan fingerprint density at radius 2 is 2.00 bits per heavy atom. The van der Waals surface area contributed by atoms with Crippen LogP contribution >= 0.6 is 0 Å². The highest BCUT2D eigenvalue weighted by molar-refractivity contribution is 5.94. The molecule has 0 unspecified atom stereocenters. The summed E-state index contributed by atoms with van der Waals surface area (Å²) in [6, 6.07) is 11.1. The number of rotatable bonds is 8. The first-order valence-electron chi connectivity index (χ1n) is 9.29. The van der Waals surface area contributed by atoms with Crippen LogP contribution < -0.4 is 15.4 Å². The topological polar surface area (TPSA) is 75.7 Å². The molecule has 2 N–H and O–H groups in total. The van der Waals surface area contributed by atoms with Gasteiger partial charge in [0.2, 0.25) is 0 Å². The molecule has 0 atom stereocenters. The Morgan fingerprint density at radius 3 is 2.74 bits per heavy atom. The third kappa shape index (κ3) is 5.94. The Hall–Kier alpha value is -2.64. The number of amides is 1. The summed E-state index contributed by atoms with van der Waals surface area (Å²) >= 11 is 0. The molecule has 0 bridgehead atoms. The first-order chi connectivity index (χ1) is 13.2. The first kappa shape index (κ1) is 19.1. The minimum Gasteiger partial charge on any atom is -0.494 e. The summed E-state index contributed by atoms with van der Waals surface area (Å²) in [6.45, 7) is 7.39. The second-order valence-corrected chi connectivity index (χ2v) is 6.22. The van der Waals surface area contributed by atoms with E-state index in [9.17, 15) is 4.79 Å². The van der Waals surface area contributed by atoms with Crippen molar-refractivity contribution in [1.82, 2.24) is 15.2 Å². The number of carbonyl (C=O) groups is 1. The predicted octanol–water partition coefficient (Wildman–Crippen LogP) is 2.29. The Balaban J connectivity index is 1.52. The number of nitrogens with zero attached hydrogens (tertiary/aromatic N) is 2. The Bertz CT molecular complexity index is 730. The van der Waals surface area contributed by atoms with Crippen molar-refractivity contribution in [2.45, 2.75) is 6.92 Å². The second-order valence-electron chi connectivity index (χ2n) is 6.22. The van der Waals surface area contributed by atoms with Gasteiger partial charge in [-0.25, -0.2) is 4.98 Å². The van der Waals surface area contributed by atoms with E-state index in [1.807, 2.05) is 31.2 Å². The van der Waals surface area contributed by atoms with Gasteiger partial charge in [0.05, 0.1) is 19.8 Å². The van der Waals surface area contributed by atoms with Crippen LogP contribution in [-0.4, -0.2) is 61.8 Å². The van der Waals surface area contributed by atoms with Crippen molar-refractivity contribution in [2.24, 2.45) is 0 Å². The molecular formula is C20H26N4O3. The normalized spacial score (nSPS) is 14.6. The van der Waals surface area contributed by atoms with Crippen molar-refractivity contribution >= 4 is 17.4 Å². The summed E-state index contributed by atoms with van der Waals surface area (Å²) in [4.78, 5) is 19.0. The van der Waals surface area contributed by atoms with Crippen molar-refractivity contribution in [1.29, 1.82) is 0 Å². The lowest BCUT2D eigenvalue weighted by atomic mass is 10.2. The zero-order chi connectivity index (χ0) is 18.9. The smallest absolute Gasteiger partial charge is 0.251 e. The summed E-state index contributed by atoms with van der Waals surface area (Å²) in [5.74, 6) is 1.35. The number of hydrogen-bond acceptors (Lipinski definition) is 6. The van der Waals surface area contributed by atoms with Crippen LogP contribution in [0, 0.1) is 0 Å². The number of pyridine rings is 1. The predicted molar refractivity (Wildman–Crippen MR) is 105 cm³/mol. The summed E-state index contributed by atoms with van der Waals surface area (Å²) in [6.07, 6.45) is 1.63. The quantitative estimate of drug-likeness (QED) is 0.743. The number of aromatic nitrogens is 1. The van der Waals surface area contributed by atoms with Crippen molar-refractivity contribution in [3.8, 4) is 5.75 Å². The lowest BCUT2D eigenvalue weighted by Gasteiger charge is -2.26. The third-order valence-electron chi connectivity index (χ3n) is 4.28. The molecule has 7 nitrogen and oxygen atoms in total. The standard InChI is InChI=1S/C20H26N4O3/c1-2-27-18-5-3-17(4-6-18)23-19-15-16(7-8-21-19)20(25)22-9-10-24-11-13-26-14-12-24/h3-8,15H,2,9-14H2,1H3,(H,21,23)(H,22,25). The molecule has 2 aromatic rings. The number of ether oxygens (including phenoxy) is 2. The van der Waals surface area contributed by atoms with Crippen LogP contribution in [0.1, 0.15) is 17.3 Å². The Kier molecular flexibility index (Phi) is 7.01.